The third-order valence-electron chi connectivity index (χ3n) is 6.53. The van der Waals surface area contributed by atoms with Crippen molar-refractivity contribution in [2.24, 2.45) is 0 Å². The van der Waals surface area contributed by atoms with Crippen LogP contribution in [0.2, 0.25) is 0 Å². The molecule has 0 fully saturated rings. The van der Waals surface area contributed by atoms with Gasteiger partial charge in [0.15, 0.2) is 0 Å². The minimum absolute atomic E-state index is 0. The van der Waals surface area contributed by atoms with Crippen LogP contribution >= 0.6 is 0 Å². The number of rotatable bonds is 6. The molecule has 6 rings (SSSR count). The largest absolute Gasteiger partial charge is 2.00 e. The molecule has 0 aliphatic heterocycles. The molecule has 0 saturated heterocycles. The monoisotopic (exact) mass is 662 g/mol. The maximum Gasteiger partial charge on any atom is 2.00 e. The van der Waals surface area contributed by atoms with E-state index < -0.39 is 0 Å². The molecule has 0 aliphatic rings. The molecule has 37 heavy (non-hydrogen) atoms. The van der Waals surface area contributed by atoms with E-state index in [-0.39, 0.29) is 21.1 Å². The van der Waals surface area contributed by atoms with Crippen LogP contribution in [0.15, 0.2) is 91.3 Å². The molecule has 3 aromatic carbocycles. The molecule has 3 aromatic heterocycles. The van der Waals surface area contributed by atoms with Gasteiger partial charge in [0.05, 0.1) is 0 Å². The predicted molar refractivity (Wildman–Crippen MR) is 145 cm³/mol. The number of pyridine rings is 2. The summed E-state index contributed by atoms with van der Waals surface area (Å²) in [6.45, 7) is 4.26. The fourth-order valence-electron chi connectivity index (χ4n) is 4.64. The third-order valence-corrected chi connectivity index (χ3v) is 6.53. The Bertz CT molecular complexity index is 1710. The zero-order valence-electron chi connectivity index (χ0n) is 20.6. The van der Waals surface area contributed by atoms with Crippen LogP contribution in [0.5, 0.6) is 11.6 Å². The van der Waals surface area contributed by atoms with Gasteiger partial charge >= 0.3 is 21.1 Å². The minimum atomic E-state index is 0. The Kier molecular flexibility index (Phi) is 7.21. The maximum atomic E-state index is 6.12. The second-order valence-corrected chi connectivity index (χ2v) is 8.71. The van der Waals surface area contributed by atoms with Gasteiger partial charge in [-0.3, -0.25) is 0 Å². The summed E-state index contributed by atoms with van der Waals surface area (Å²) in [6, 6.07) is 33.9. The van der Waals surface area contributed by atoms with Gasteiger partial charge in [0.25, 0.3) is 0 Å². The van der Waals surface area contributed by atoms with Crippen molar-refractivity contribution in [3.63, 3.8) is 0 Å². The molecular formula is C32H25N3OPt. The third kappa shape index (κ3) is 4.70. The Hall–Kier alpha value is -3.75. The second kappa shape index (κ2) is 10.7. The number of hydrogen-bond acceptors (Lipinski definition) is 3. The van der Waals surface area contributed by atoms with Gasteiger partial charge in [0.1, 0.15) is 5.82 Å². The Balaban J connectivity index is 0.00000280. The first kappa shape index (κ1) is 24.9. The standard InChI is InChI=1S/C32H25N3O.Pt/c1-3-22-16-18-33-31(19-22)35-29-13-6-5-12-27(29)28-15-14-25(21-30(28)35)24-9-7-11-26(20-24)36-32-23(4-2)10-8-17-34-32;/h5-19H,3-4H2,1-2H3;/q-2;+2. The van der Waals surface area contributed by atoms with Gasteiger partial charge in [-0.05, 0) is 53.6 Å². The molecule has 0 aliphatic carbocycles. The second-order valence-electron chi connectivity index (χ2n) is 8.71. The van der Waals surface area contributed by atoms with Gasteiger partial charge in [-0.15, -0.1) is 18.2 Å². The molecule has 0 atom stereocenters. The van der Waals surface area contributed by atoms with Crippen molar-refractivity contribution in [1.82, 2.24) is 14.5 Å². The van der Waals surface area contributed by atoms with Crippen LogP contribution in [0.3, 0.4) is 0 Å². The first-order valence-electron chi connectivity index (χ1n) is 12.3. The average Bonchev–Trinajstić information content (AvgIpc) is 3.27. The number of aryl methyl sites for hydroxylation is 2. The van der Waals surface area contributed by atoms with E-state index in [2.05, 4.69) is 84.1 Å². The number of aromatic nitrogens is 3. The van der Waals surface area contributed by atoms with E-state index in [0.29, 0.717) is 11.6 Å². The predicted octanol–water partition coefficient (Wildman–Crippen LogP) is 7.76. The number of benzene rings is 3. The molecule has 0 unspecified atom stereocenters. The minimum Gasteiger partial charge on any atom is -0.460 e. The molecular weight excluding hydrogens is 637 g/mol. The van der Waals surface area contributed by atoms with E-state index in [1.807, 2.05) is 36.5 Å². The Morgan fingerprint density at radius 2 is 1.62 bits per heavy atom. The normalized spacial score (nSPS) is 11.0. The van der Waals surface area contributed by atoms with Crippen LogP contribution in [-0.2, 0) is 33.9 Å². The number of para-hydroxylation sites is 1. The summed E-state index contributed by atoms with van der Waals surface area (Å²) in [4.78, 5) is 9.13. The van der Waals surface area contributed by atoms with Gasteiger partial charge in [0, 0.05) is 29.2 Å². The van der Waals surface area contributed by atoms with Crippen molar-refractivity contribution in [2.75, 3.05) is 0 Å². The van der Waals surface area contributed by atoms with Gasteiger partial charge in [-0.1, -0.05) is 43.5 Å². The molecule has 0 radical (unpaired) electrons. The summed E-state index contributed by atoms with van der Waals surface area (Å²) < 4.78 is 8.32. The van der Waals surface area contributed by atoms with Gasteiger partial charge in [-0.2, -0.15) is 24.3 Å². The molecule has 184 valence electrons. The Morgan fingerprint density at radius 1 is 0.757 bits per heavy atom. The van der Waals surface area contributed by atoms with Crippen LogP contribution in [0.1, 0.15) is 25.0 Å². The quantitative estimate of drug-likeness (QED) is 0.171. The van der Waals surface area contributed by atoms with E-state index in [1.54, 1.807) is 6.20 Å². The van der Waals surface area contributed by atoms with Crippen LogP contribution in [-0.4, -0.2) is 14.5 Å². The fraction of sp³-hybridized carbons (Fsp3) is 0.125. The first-order chi connectivity index (χ1) is 17.7. The van der Waals surface area contributed by atoms with E-state index in [9.17, 15) is 0 Å². The zero-order chi connectivity index (χ0) is 24.5. The zero-order valence-corrected chi connectivity index (χ0v) is 22.9. The Labute approximate surface area is 231 Å². The number of hydrogen-bond donors (Lipinski definition) is 0. The van der Waals surface area contributed by atoms with E-state index in [1.165, 1.54) is 10.9 Å². The molecule has 0 saturated carbocycles. The van der Waals surface area contributed by atoms with Crippen molar-refractivity contribution in [3.8, 4) is 28.6 Å². The number of ether oxygens (including phenoxy) is 1. The summed E-state index contributed by atoms with van der Waals surface area (Å²) in [7, 11) is 0. The summed E-state index contributed by atoms with van der Waals surface area (Å²) in [5, 5.41) is 2.33. The van der Waals surface area contributed by atoms with Gasteiger partial charge in [-0.25, -0.2) is 21.1 Å². The summed E-state index contributed by atoms with van der Waals surface area (Å²) in [5.74, 6) is 2.15. The van der Waals surface area contributed by atoms with E-state index in [4.69, 9.17) is 9.72 Å². The van der Waals surface area contributed by atoms with E-state index >= 15 is 0 Å². The van der Waals surface area contributed by atoms with Gasteiger partial charge < -0.3 is 9.30 Å². The first-order valence-corrected chi connectivity index (χ1v) is 12.3. The van der Waals surface area contributed by atoms with Crippen molar-refractivity contribution < 1.29 is 25.8 Å². The molecule has 0 bridgehead atoms. The molecule has 3 heterocycles. The number of fused-ring (bicyclic) bond motifs is 3. The van der Waals surface area contributed by atoms with Crippen LogP contribution in [0.4, 0.5) is 0 Å². The molecule has 0 N–H and O–H groups in total. The molecule has 6 aromatic rings. The maximum absolute atomic E-state index is 6.12. The van der Waals surface area contributed by atoms with Crippen LogP contribution in [0.25, 0.3) is 38.8 Å². The van der Waals surface area contributed by atoms with Crippen LogP contribution < -0.4 is 4.74 Å². The van der Waals surface area contributed by atoms with Crippen molar-refractivity contribution in [1.29, 1.82) is 0 Å². The fourth-order valence-corrected chi connectivity index (χ4v) is 4.64. The van der Waals surface area contributed by atoms with Crippen LogP contribution in [0, 0.1) is 12.1 Å². The molecule has 5 heteroatoms. The van der Waals surface area contributed by atoms with Crippen molar-refractivity contribution >= 4 is 21.8 Å². The Morgan fingerprint density at radius 3 is 2.49 bits per heavy atom. The number of nitrogens with zero attached hydrogens (tertiary/aromatic N) is 3. The molecule has 0 spiro atoms. The summed E-state index contributed by atoms with van der Waals surface area (Å²) in [5.41, 5.74) is 6.28. The summed E-state index contributed by atoms with van der Waals surface area (Å²) >= 11 is 0. The topological polar surface area (TPSA) is 39.9 Å². The molecule has 4 nitrogen and oxygen atoms in total. The van der Waals surface area contributed by atoms with E-state index in [0.717, 1.165) is 51.8 Å². The van der Waals surface area contributed by atoms with Crippen molar-refractivity contribution in [3.05, 3.63) is 115 Å². The summed E-state index contributed by atoms with van der Waals surface area (Å²) in [6.07, 6.45) is 5.44. The smallest absolute Gasteiger partial charge is 0.460 e. The average molecular weight is 663 g/mol. The SMILES string of the molecule is CCc1ccnc(-n2c3[c-]c(-c4[c-]c(Oc5ncccc5CC)ccc4)ccc3c3ccccc32)c1.[Pt+2]. The van der Waals surface area contributed by atoms with Crippen molar-refractivity contribution in [2.45, 2.75) is 26.7 Å². The van der Waals surface area contributed by atoms with Gasteiger partial charge in [0.2, 0.25) is 5.88 Å². The molecule has 0 amide bonds.